The van der Waals surface area contributed by atoms with Gasteiger partial charge in [-0.05, 0) is 42.5 Å². The van der Waals surface area contributed by atoms with Crippen molar-refractivity contribution >= 4 is 23.4 Å². The number of halogens is 1. The van der Waals surface area contributed by atoms with E-state index < -0.39 is 53.8 Å². The number of rotatable bonds is 3. The molecule has 0 bridgehead atoms. The number of primary amides is 1. The van der Waals surface area contributed by atoms with Gasteiger partial charge in [0.15, 0.2) is 0 Å². The van der Waals surface area contributed by atoms with E-state index in [-0.39, 0.29) is 35.7 Å². The zero-order valence-electron chi connectivity index (χ0n) is 19.1. The number of pyridine rings is 1. The average molecular weight is 388 g/mol. The minimum Gasteiger partial charge on any atom is -0.366 e. The van der Waals surface area contributed by atoms with E-state index >= 15 is 0 Å². The Hall–Kier alpha value is -3.29. The number of likely N-dealkylation sites (tertiary alicyclic amines) is 1. The topological polar surface area (TPSA) is 105 Å². The highest BCUT2D eigenvalue weighted by Gasteiger charge is 2.34. The number of carbonyl (C=O) groups is 3. The van der Waals surface area contributed by atoms with E-state index in [0.717, 1.165) is 0 Å². The van der Waals surface area contributed by atoms with Gasteiger partial charge in [-0.25, -0.2) is 4.39 Å². The molecule has 2 atom stereocenters. The van der Waals surface area contributed by atoms with Gasteiger partial charge in [-0.3, -0.25) is 19.4 Å². The fourth-order valence-electron chi connectivity index (χ4n) is 3.11. The zero-order chi connectivity index (χ0) is 23.7. The minimum atomic E-state index is -1.27. The van der Waals surface area contributed by atoms with Gasteiger partial charge < -0.3 is 16.0 Å². The second-order valence-corrected chi connectivity index (χ2v) is 6.66. The van der Waals surface area contributed by atoms with Crippen molar-refractivity contribution in [3.63, 3.8) is 0 Å². The van der Waals surface area contributed by atoms with Crippen molar-refractivity contribution in [2.45, 2.75) is 25.8 Å². The maximum Gasteiger partial charge on any atom is 0.313 e. The van der Waals surface area contributed by atoms with E-state index in [1.165, 1.54) is 23.4 Å². The van der Waals surface area contributed by atoms with Crippen molar-refractivity contribution in [3.8, 4) is 0 Å². The van der Waals surface area contributed by atoms with Gasteiger partial charge in [0, 0.05) is 12.7 Å². The number of nitrogens with one attached hydrogen (secondary N) is 1. The molecule has 3 amide bonds. The third-order valence-electron chi connectivity index (χ3n) is 4.50. The largest absolute Gasteiger partial charge is 0.366 e. The van der Waals surface area contributed by atoms with E-state index in [4.69, 9.17) is 11.2 Å². The lowest BCUT2D eigenvalue weighted by Crippen LogP contribution is -2.46. The first kappa shape index (κ1) is 14.7. The summed E-state index contributed by atoms with van der Waals surface area (Å²) >= 11 is 0. The van der Waals surface area contributed by atoms with Crippen LogP contribution in [0.25, 0.3) is 0 Å². The minimum absolute atomic E-state index is 0.0117. The molecule has 3 rings (SSSR count). The van der Waals surface area contributed by atoms with E-state index in [2.05, 4.69) is 10.3 Å². The number of nitrogens with zero attached hydrogens (tertiary/aromatic N) is 2. The van der Waals surface area contributed by atoms with Crippen molar-refractivity contribution in [1.29, 1.82) is 0 Å². The van der Waals surface area contributed by atoms with Crippen LogP contribution in [0.3, 0.4) is 0 Å². The predicted octanol–water partition coefficient (Wildman–Crippen LogP) is 2.26. The Morgan fingerprint density at radius 2 is 1.96 bits per heavy atom. The Bertz CT molecular complexity index is 1090. The van der Waals surface area contributed by atoms with Crippen molar-refractivity contribution in [3.05, 3.63) is 59.6 Å². The number of aromatic nitrogens is 1. The fraction of sp³-hybridized carbons (Fsp3) is 0.300. The van der Waals surface area contributed by atoms with Crippen LogP contribution in [0.4, 0.5) is 10.1 Å². The molecule has 7 nitrogen and oxygen atoms in total. The third-order valence-corrected chi connectivity index (χ3v) is 4.50. The number of carbonyl (C=O) groups excluding carboxylic acids is 3. The molecule has 1 aliphatic heterocycles. The highest BCUT2D eigenvalue weighted by atomic mass is 19.1. The Balaban J connectivity index is 1.94. The summed E-state index contributed by atoms with van der Waals surface area (Å²) in [7, 11) is 0. The Morgan fingerprint density at radius 3 is 2.64 bits per heavy atom. The summed E-state index contributed by atoms with van der Waals surface area (Å²) in [5, 5.41) is 2.35. The maximum absolute atomic E-state index is 14.0. The van der Waals surface area contributed by atoms with Crippen LogP contribution in [0.5, 0.6) is 0 Å². The Kier molecular flexibility index (Phi) is 4.29. The van der Waals surface area contributed by atoms with Gasteiger partial charge in [0.2, 0.25) is 5.91 Å². The molecule has 0 spiro atoms. The standard InChI is InChI=1S/C20H21FN4O3/c1-12-2-7-17(13-3-5-15(21)6-4-13)25(11-12)20(28)19(27)24-16-8-14(18(22)26)9-23-10-16/h3-6,8-10,12,17H,2,7,11H2,1H3,(H2,22,26)(H,24,27)/t12-,17+/m1/s1/i3D,4D,5D,6D. The third kappa shape index (κ3) is 4.33. The molecule has 3 N–H and O–H groups in total. The Labute approximate surface area is 167 Å². The molecular weight excluding hydrogens is 363 g/mol. The van der Waals surface area contributed by atoms with Gasteiger partial charge in [0.05, 0.1) is 29.0 Å². The number of nitrogens with two attached hydrogens (primary N) is 1. The molecule has 1 fully saturated rings. The number of hydrogen-bond donors (Lipinski definition) is 2. The van der Waals surface area contributed by atoms with Crippen LogP contribution < -0.4 is 11.1 Å². The number of piperidine rings is 1. The highest BCUT2D eigenvalue weighted by Crippen LogP contribution is 2.33. The second kappa shape index (κ2) is 8.16. The van der Waals surface area contributed by atoms with Crippen molar-refractivity contribution in [2.24, 2.45) is 11.7 Å². The van der Waals surface area contributed by atoms with Gasteiger partial charge in [-0.2, -0.15) is 0 Å². The lowest BCUT2D eigenvalue weighted by molar-refractivity contribution is -0.146. The van der Waals surface area contributed by atoms with Gasteiger partial charge in [0.1, 0.15) is 5.82 Å². The molecule has 0 aliphatic carbocycles. The van der Waals surface area contributed by atoms with Gasteiger partial charge in [0.25, 0.3) is 0 Å². The number of benzene rings is 1. The first-order chi connectivity index (χ1) is 15.0. The number of anilines is 1. The average Bonchev–Trinajstić information content (AvgIpc) is 2.77. The molecule has 0 unspecified atom stereocenters. The summed E-state index contributed by atoms with van der Waals surface area (Å²) in [6.07, 6.45) is 3.33. The zero-order valence-corrected chi connectivity index (χ0v) is 15.1. The van der Waals surface area contributed by atoms with Crippen LogP contribution in [-0.2, 0) is 9.59 Å². The van der Waals surface area contributed by atoms with Crippen molar-refractivity contribution in [2.75, 3.05) is 11.9 Å². The smallest absolute Gasteiger partial charge is 0.313 e. The monoisotopic (exact) mass is 388 g/mol. The number of amides is 3. The lowest BCUT2D eigenvalue weighted by atomic mass is 9.90. The van der Waals surface area contributed by atoms with Crippen LogP contribution in [0, 0.1) is 11.7 Å². The maximum atomic E-state index is 14.0. The van der Waals surface area contributed by atoms with E-state index in [0.29, 0.717) is 6.42 Å². The highest BCUT2D eigenvalue weighted by molar-refractivity contribution is 6.39. The summed E-state index contributed by atoms with van der Waals surface area (Å²) in [6, 6.07) is -2.50. The molecule has 0 radical (unpaired) electrons. The summed E-state index contributed by atoms with van der Waals surface area (Å²) < 4.78 is 45.7. The molecule has 8 heteroatoms. The predicted molar refractivity (Wildman–Crippen MR) is 101 cm³/mol. The van der Waals surface area contributed by atoms with E-state index in [9.17, 15) is 18.8 Å². The van der Waals surface area contributed by atoms with Gasteiger partial charge in [-0.15, -0.1) is 0 Å². The van der Waals surface area contributed by atoms with Crippen molar-refractivity contribution in [1.82, 2.24) is 9.88 Å². The molecule has 2 heterocycles. The molecule has 1 saturated heterocycles. The molecule has 1 aliphatic rings. The summed E-state index contributed by atoms with van der Waals surface area (Å²) in [5.41, 5.74) is 5.17. The quantitative estimate of drug-likeness (QED) is 0.787. The van der Waals surface area contributed by atoms with Crippen molar-refractivity contribution < 1.29 is 24.3 Å². The Morgan fingerprint density at radius 1 is 1.25 bits per heavy atom. The second-order valence-electron chi connectivity index (χ2n) is 6.66. The molecule has 146 valence electrons. The first-order valence-electron chi connectivity index (χ1n) is 10.6. The molecule has 0 saturated carbocycles. The van der Waals surface area contributed by atoms with Crippen LogP contribution in [0.2, 0.25) is 0 Å². The summed E-state index contributed by atoms with van der Waals surface area (Å²) in [6.45, 7) is 2.00. The van der Waals surface area contributed by atoms with E-state index in [1.807, 2.05) is 6.92 Å². The summed E-state index contributed by atoms with van der Waals surface area (Å²) in [5.74, 6) is -4.02. The summed E-state index contributed by atoms with van der Waals surface area (Å²) in [4.78, 5) is 41.9. The van der Waals surface area contributed by atoms with Crippen LogP contribution in [0.1, 0.15) is 47.2 Å². The van der Waals surface area contributed by atoms with Crippen LogP contribution >= 0.6 is 0 Å². The van der Waals surface area contributed by atoms with Gasteiger partial charge >= 0.3 is 11.8 Å². The van der Waals surface area contributed by atoms with Crippen LogP contribution in [0.15, 0.2) is 42.6 Å². The first-order valence-corrected chi connectivity index (χ1v) is 8.65. The normalized spacial score (nSPS) is 21.1. The lowest BCUT2D eigenvalue weighted by Gasteiger charge is -2.38. The fourth-order valence-corrected chi connectivity index (χ4v) is 3.11. The number of hydrogen-bond acceptors (Lipinski definition) is 4. The SMILES string of the molecule is [2H]c1c([2H])c([C@@H]2CC[C@@H](C)CN2C(=O)C(=O)Nc2cncc(C(N)=O)c2)c([2H])c([2H])c1F. The van der Waals surface area contributed by atoms with Gasteiger partial charge in [-0.1, -0.05) is 19.0 Å². The molecule has 1 aromatic heterocycles. The molecule has 28 heavy (non-hydrogen) atoms. The molecule has 1 aromatic carbocycles. The molecule has 2 aromatic rings. The van der Waals surface area contributed by atoms with Crippen LogP contribution in [-0.4, -0.2) is 34.2 Å². The molecular formula is C20H21FN4O3. The van der Waals surface area contributed by atoms with E-state index in [1.54, 1.807) is 0 Å².